The van der Waals surface area contributed by atoms with Crippen molar-refractivity contribution in [2.24, 2.45) is 0 Å². The second kappa shape index (κ2) is 8.40. The molecule has 2 aliphatic heterocycles. The molecule has 3 aliphatic rings. The minimum Gasteiger partial charge on any atom is -0.487 e. The molecule has 32 heavy (non-hydrogen) atoms. The first-order chi connectivity index (χ1) is 15.7. The van der Waals surface area contributed by atoms with Gasteiger partial charge in [-0.05, 0) is 85.2 Å². The fourth-order valence-corrected chi connectivity index (χ4v) is 5.17. The molecule has 4 nitrogen and oxygen atoms in total. The summed E-state index contributed by atoms with van der Waals surface area (Å²) >= 11 is 0. The third-order valence-corrected chi connectivity index (χ3v) is 6.71. The lowest BCUT2D eigenvalue weighted by Gasteiger charge is -2.35. The lowest BCUT2D eigenvalue weighted by atomic mass is 9.88. The van der Waals surface area contributed by atoms with Crippen LogP contribution in [0.1, 0.15) is 43.2 Å². The molecule has 0 saturated heterocycles. The molecule has 2 heterocycles. The van der Waals surface area contributed by atoms with Gasteiger partial charge >= 0.3 is 0 Å². The van der Waals surface area contributed by atoms with Crippen molar-refractivity contribution >= 4 is 17.5 Å². The molecule has 1 fully saturated rings. The van der Waals surface area contributed by atoms with E-state index in [9.17, 15) is 5.26 Å². The predicted octanol–water partition coefficient (Wildman–Crippen LogP) is 6.71. The van der Waals surface area contributed by atoms with Gasteiger partial charge in [-0.15, -0.1) is 0 Å². The quantitative estimate of drug-likeness (QED) is 0.410. The zero-order chi connectivity index (χ0) is 22.0. The summed E-state index contributed by atoms with van der Waals surface area (Å²) < 4.78 is 6.41. The molecular weight excluding hydrogens is 394 g/mol. The van der Waals surface area contributed by atoms with Crippen molar-refractivity contribution in [2.45, 2.75) is 44.1 Å². The van der Waals surface area contributed by atoms with Gasteiger partial charge in [0, 0.05) is 24.3 Å². The second-order valence-electron chi connectivity index (χ2n) is 8.77. The number of hydrogen-bond acceptors (Lipinski definition) is 3. The summed E-state index contributed by atoms with van der Waals surface area (Å²) in [5.74, 6) is 0.746. The monoisotopic (exact) mass is 419 g/mol. The number of ether oxygens (including phenoxy) is 1. The normalized spacial score (nSPS) is 20.4. The summed E-state index contributed by atoms with van der Waals surface area (Å²) in [5.41, 5.74) is 5.71. The first-order valence-electron chi connectivity index (χ1n) is 11.2. The first-order valence-corrected chi connectivity index (χ1v) is 11.2. The minimum atomic E-state index is -0.259. The first kappa shape index (κ1) is 20.2. The smallest absolute Gasteiger partial charge is 0.265 e. The Morgan fingerprint density at radius 3 is 2.69 bits per heavy atom. The summed E-state index contributed by atoms with van der Waals surface area (Å²) in [6, 6.07) is 19.2. The summed E-state index contributed by atoms with van der Waals surface area (Å²) in [6.07, 6.45) is 11.8. The Morgan fingerprint density at radius 1 is 1.12 bits per heavy atom. The van der Waals surface area contributed by atoms with Gasteiger partial charge in [0.05, 0.1) is 12.6 Å². The summed E-state index contributed by atoms with van der Waals surface area (Å²) in [6.45, 7) is 8.35. The number of rotatable bonds is 3. The molecule has 0 bridgehead atoms. The SMILES string of the molecule is [C-]#[N+]/C(C#N)=C1C=C(/C=C/c2ccc3c(c2)CCN3c2ccccc2)OC2(CCCC2)C\1. The molecule has 0 aromatic heterocycles. The third kappa shape index (κ3) is 3.81. The average Bonchev–Trinajstić information content (AvgIpc) is 3.45. The molecule has 158 valence electrons. The molecule has 0 atom stereocenters. The molecule has 2 aromatic carbocycles. The molecular formula is C28H25N3O. The molecule has 0 N–H and O–H groups in total. The molecule has 1 saturated carbocycles. The largest absolute Gasteiger partial charge is 0.487 e. The highest BCUT2D eigenvalue weighted by molar-refractivity contribution is 5.72. The van der Waals surface area contributed by atoms with Gasteiger partial charge < -0.3 is 9.64 Å². The van der Waals surface area contributed by atoms with Gasteiger partial charge in [-0.3, -0.25) is 0 Å². The number of nitrogens with zero attached hydrogens (tertiary/aromatic N) is 3. The fourth-order valence-electron chi connectivity index (χ4n) is 5.17. The van der Waals surface area contributed by atoms with E-state index >= 15 is 0 Å². The molecule has 2 aromatic rings. The van der Waals surface area contributed by atoms with Crippen LogP contribution in [0.5, 0.6) is 0 Å². The number of anilines is 2. The highest BCUT2D eigenvalue weighted by atomic mass is 16.5. The lowest BCUT2D eigenvalue weighted by molar-refractivity contribution is 0.00776. The Bertz CT molecular complexity index is 1190. The van der Waals surface area contributed by atoms with Crippen molar-refractivity contribution in [1.82, 2.24) is 0 Å². The summed E-state index contributed by atoms with van der Waals surface area (Å²) in [5, 5.41) is 9.38. The van der Waals surface area contributed by atoms with Gasteiger partial charge in [0.25, 0.3) is 5.70 Å². The topological polar surface area (TPSA) is 40.6 Å². The van der Waals surface area contributed by atoms with Gasteiger partial charge in [0.15, 0.2) is 0 Å². The maximum atomic E-state index is 9.38. The van der Waals surface area contributed by atoms with Crippen molar-refractivity contribution in [3.05, 3.63) is 100 Å². The maximum Gasteiger partial charge on any atom is 0.265 e. The van der Waals surface area contributed by atoms with Crippen LogP contribution in [0, 0.1) is 17.9 Å². The van der Waals surface area contributed by atoms with Gasteiger partial charge in [0.1, 0.15) is 11.4 Å². The lowest BCUT2D eigenvalue weighted by Crippen LogP contribution is -2.31. The Balaban J connectivity index is 1.41. The van der Waals surface area contributed by atoms with E-state index in [0.29, 0.717) is 6.42 Å². The number of allylic oxidation sites excluding steroid dienone is 3. The fraction of sp³-hybridized carbons (Fsp3) is 0.286. The van der Waals surface area contributed by atoms with Gasteiger partial charge in [0.2, 0.25) is 0 Å². The van der Waals surface area contributed by atoms with E-state index in [2.05, 4.69) is 64.4 Å². The van der Waals surface area contributed by atoms with Crippen molar-refractivity contribution in [1.29, 1.82) is 5.26 Å². The Kier molecular flexibility index (Phi) is 5.29. The van der Waals surface area contributed by atoms with Crippen molar-refractivity contribution in [3.8, 4) is 6.07 Å². The Morgan fingerprint density at radius 2 is 1.94 bits per heavy atom. The van der Waals surface area contributed by atoms with Crippen LogP contribution in [-0.2, 0) is 11.2 Å². The zero-order valence-corrected chi connectivity index (χ0v) is 18.1. The second-order valence-corrected chi connectivity index (χ2v) is 8.77. The number of nitriles is 1. The van der Waals surface area contributed by atoms with Crippen LogP contribution >= 0.6 is 0 Å². The molecule has 0 unspecified atom stereocenters. The molecule has 0 amide bonds. The van der Waals surface area contributed by atoms with E-state index in [4.69, 9.17) is 11.3 Å². The predicted molar refractivity (Wildman–Crippen MR) is 127 cm³/mol. The van der Waals surface area contributed by atoms with Gasteiger partial charge in [-0.1, -0.05) is 30.3 Å². The number of fused-ring (bicyclic) bond motifs is 1. The highest BCUT2D eigenvalue weighted by Crippen LogP contribution is 2.44. The van der Waals surface area contributed by atoms with E-state index in [1.54, 1.807) is 0 Å². The Hall–Kier alpha value is -3.76. The molecule has 0 radical (unpaired) electrons. The van der Waals surface area contributed by atoms with Crippen LogP contribution in [0.15, 0.2) is 77.7 Å². The summed E-state index contributed by atoms with van der Waals surface area (Å²) in [7, 11) is 0. The molecule has 1 spiro atoms. The van der Waals surface area contributed by atoms with E-state index in [1.807, 2.05) is 18.2 Å². The molecule has 1 aliphatic carbocycles. The number of hydrogen-bond donors (Lipinski definition) is 0. The van der Waals surface area contributed by atoms with Crippen molar-refractivity contribution in [3.63, 3.8) is 0 Å². The van der Waals surface area contributed by atoms with Crippen LogP contribution in [0.4, 0.5) is 11.4 Å². The maximum absolute atomic E-state index is 9.38. The molecule has 4 heteroatoms. The van der Waals surface area contributed by atoms with Crippen LogP contribution in [0.2, 0.25) is 0 Å². The van der Waals surface area contributed by atoms with E-state index in [1.165, 1.54) is 16.9 Å². The molecule has 5 rings (SSSR count). The van der Waals surface area contributed by atoms with Crippen LogP contribution in [0.25, 0.3) is 10.9 Å². The van der Waals surface area contributed by atoms with Crippen molar-refractivity contribution < 1.29 is 4.74 Å². The minimum absolute atomic E-state index is 0.184. The van der Waals surface area contributed by atoms with Crippen LogP contribution in [0.3, 0.4) is 0 Å². The zero-order valence-electron chi connectivity index (χ0n) is 18.1. The van der Waals surface area contributed by atoms with Crippen LogP contribution < -0.4 is 4.90 Å². The van der Waals surface area contributed by atoms with Gasteiger partial charge in [-0.25, -0.2) is 10.1 Å². The van der Waals surface area contributed by atoms with Crippen molar-refractivity contribution in [2.75, 3.05) is 11.4 Å². The van der Waals surface area contributed by atoms with E-state index in [-0.39, 0.29) is 11.3 Å². The average molecular weight is 420 g/mol. The van der Waals surface area contributed by atoms with Gasteiger partial charge in [-0.2, -0.15) is 0 Å². The summed E-state index contributed by atoms with van der Waals surface area (Å²) in [4.78, 5) is 5.81. The van der Waals surface area contributed by atoms with E-state index in [0.717, 1.165) is 55.5 Å². The standard InChI is InChI=1S/C28H25N3O/c1-30-26(20-29)23-18-25(32-28(19-23)14-5-6-15-28)11-9-21-10-12-27-22(17-21)13-16-31(27)24-7-3-2-4-8-24/h2-4,7-12,17-18H,5-6,13-16,19H2/b11-9+,26-23+. The Labute approximate surface area is 189 Å². The number of benzene rings is 2. The number of para-hydroxylation sites is 1. The third-order valence-electron chi connectivity index (χ3n) is 6.71. The highest BCUT2D eigenvalue weighted by Gasteiger charge is 2.39. The van der Waals surface area contributed by atoms with Crippen LogP contribution in [-0.4, -0.2) is 12.1 Å². The van der Waals surface area contributed by atoms with E-state index < -0.39 is 0 Å².